The van der Waals surface area contributed by atoms with Crippen LogP contribution in [0.4, 0.5) is 0 Å². The molecule has 1 unspecified atom stereocenters. The number of piperidine rings is 1. The number of imidazole rings is 1. The van der Waals surface area contributed by atoms with Gasteiger partial charge in [0.2, 0.25) is 0 Å². The van der Waals surface area contributed by atoms with Crippen LogP contribution < -0.4 is 10.6 Å². The summed E-state index contributed by atoms with van der Waals surface area (Å²) in [4.78, 5) is 27.5. The van der Waals surface area contributed by atoms with Gasteiger partial charge in [-0.2, -0.15) is 0 Å². The molecule has 1 saturated heterocycles. The first-order chi connectivity index (χ1) is 10.3. The Labute approximate surface area is 122 Å². The van der Waals surface area contributed by atoms with Gasteiger partial charge in [-0.15, -0.1) is 0 Å². The number of nitrogens with zero attached hydrogens (tertiary/aromatic N) is 3. The number of carbonyl (C=O) groups is 1. The highest BCUT2D eigenvalue weighted by Gasteiger charge is 2.17. The first kappa shape index (κ1) is 13.7. The zero-order chi connectivity index (χ0) is 14.5. The normalized spacial score (nSPS) is 18.4. The molecule has 1 fully saturated rings. The molecular formula is C14H18N6O. The Morgan fingerprint density at radius 2 is 2.29 bits per heavy atom. The van der Waals surface area contributed by atoms with E-state index in [-0.39, 0.29) is 5.91 Å². The van der Waals surface area contributed by atoms with Crippen LogP contribution in [-0.4, -0.2) is 38.9 Å². The van der Waals surface area contributed by atoms with Crippen LogP contribution in [-0.2, 0) is 6.54 Å². The van der Waals surface area contributed by atoms with Gasteiger partial charge in [-0.3, -0.25) is 9.78 Å². The number of aromatic nitrogens is 4. The Balaban J connectivity index is 1.59. The highest BCUT2D eigenvalue weighted by atomic mass is 16.1. The lowest BCUT2D eigenvalue weighted by molar-refractivity contribution is 0.0944. The third-order valence-corrected chi connectivity index (χ3v) is 3.59. The molecule has 0 aliphatic carbocycles. The Morgan fingerprint density at radius 1 is 1.33 bits per heavy atom. The van der Waals surface area contributed by atoms with Gasteiger partial charge in [-0.1, -0.05) is 0 Å². The smallest absolute Gasteiger partial charge is 0.271 e. The van der Waals surface area contributed by atoms with Crippen molar-refractivity contribution < 1.29 is 4.79 Å². The van der Waals surface area contributed by atoms with Crippen molar-refractivity contribution in [1.82, 2.24) is 30.6 Å². The number of hydrogen-bond donors (Lipinski definition) is 3. The predicted octanol–water partition coefficient (Wildman–Crippen LogP) is 0.597. The molecule has 1 atom stereocenters. The van der Waals surface area contributed by atoms with Crippen LogP contribution in [0.25, 0.3) is 0 Å². The summed E-state index contributed by atoms with van der Waals surface area (Å²) in [6.45, 7) is 2.34. The van der Waals surface area contributed by atoms with Gasteiger partial charge in [0.05, 0.1) is 18.4 Å². The summed E-state index contributed by atoms with van der Waals surface area (Å²) in [6.07, 6.45) is 8.88. The molecule has 2 aromatic rings. The number of H-pyrrole nitrogens is 1. The van der Waals surface area contributed by atoms with Gasteiger partial charge >= 0.3 is 0 Å². The van der Waals surface area contributed by atoms with E-state index in [1.165, 1.54) is 0 Å². The van der Waals surface area contributed by atoms with E-state index >= 15 is 0 Å². The van der Waals surface area contributed by atoms with E-state index in [4.69, 9.17) is 0 Å². The fourth-order valence-electron chi connectivity index (χ4n) is 2.42. The third kappa shape index (κ3) is 3.43. The van der Waals surface area contributed by atoms with Crippen LogP contribution in [0, 0.1) is 0 Å². The van der Waals surface area contributed by atoms with Crippen molar-refractivity contribution in [3.8, 4) is 0 Å². The third-order valence-electron chi connectivity index (χ3n) is 3.59. The molecule has 21 heavy (non-hydrogen) atoms. The van der Waals surface area contributed by atoms with Gasteiger partial charge in [0.15, 0.2) is 0 Å². The summed E-state index contributed by atoms with van der Waals surface area (Å²) < 4.78 is 0. The molecule has 0 aromatic carbocycles. The van der Waals surface area contributed by atoms with E-state index in [0.29, 0.717) is 24.0 Å². The minimum Gasteiger partial charge on any atom is -0.347 e. The monoisotopic (exact) mass is 286 g/mol. The number of rotatable bonds is 4. The Kier molecular flexibility index (Phi) is 4.20. The molecule has 7 heteroatoms. The van der Waals surface area contributed by atoms with Crippen molar-refractivity contribution >= 4 is 5.91 Å². The van der Waals surface area contributed by atoms with Crippen molar-refractivity contribution in [1.29, 1.82) is 0 Å². The standard InChI is InChI=1S/C14H18N6O/c21-14(20-9-13-16-4-5-17-13)12-8-18-11(7-19-12)10-2-1-3-15-6-10/h4-5,7-8,10,15H,1-3,6,9H2,(H,16,17)(H,20,21). The van der Waals surface area contributed by atoms with Crippen LogP contribution in [0.3, 0.4) is 0 Å². The van der Waals surface area contributed by atoms with Crippen LogP contribution >= 0.6 is 0 Å². The molecule has 7 nitrogen and oxygen atoms in total. The second kappa shape index (κ2) is 6.45. The summed E-state index contributed by atoms with van der Waals surface area (Å²) in [5, 5.41) is 6.10. The maximum Gasteiger partial charge on any atom is 0.271 e. The first-order valence-electron chi connectivity index (χ1n) is 7.12. The zero-order valence-electron chi connectivity index (χ0n) is 11.7. The average molecular weight is 286 g/mol. The van der Waals surface area contributed by atoms with Crippen LogP contribution in [0.15, 0.2) is 24.8 Å². The lowest BCUT2D eigenvalue weighted by Crippen LogP contribution is -2.29. The zero-order valence-corrected chi connectivity index (χ0v) is 11.7. The largest absolute Gasteiger partial charge is 0.347 e. The second-order valence-corrected chi connectivity index (χ2v) is 5.09. The number of nitrogens with one attached hydrogen (secondary N) is 3. The van der Waals surface area contributed by atoms with Crippen molar-refractivity contribution in [2.75, 3.05) is 13.1 Å². The lowest BCUT2D eigenvalue weighted by atomic mass is 9.96. The van der Waals surface area contributed by atoms with E-state index in [1.54, 1.807) is 24.8 Å². The summed E-state index contributed by atoms with van der Waals surface area (Å²) in [6, 6.07) is 0. The maximum atomic E-state index is 12.0. The Morgan fingerprint density at radius 3 is 2.95 bits per heavy atom. The van der Waals surface area contributed by atoms with E-state index in [2.05, 4.69) is 30.6 Å². The number of hydrogen-bond acceptors (Lipinski definition) is 5. The number of carbonyl (C=O) groups excluding carboxylic acids is 1. The molecule has 0 radical (unpaired) electrons. The number of amides is 1. The van der Waals surface area contributed by atoms with Gasteiger partial charge in [0.1, 0.15) is 11.5 Å². The molecule has 3 heterocycles. The lowest BCUT2D eigenvalue weighted by Gasteiger charge is -2.21. The van der Waals surface area contributed by atoms with Crippen LogP contribution in [0.5, 0.6) is 0 Å². The van der Waals surface area contributed by atoms with Crippen molar-refractivity contribution in [3.05, 3.63) is 42.0 Å². The molecule has 2 aromatic heterocycles. The maximum absolute atomic E-state index is 12.0. The summed E-state index contributed by atoms with van der Waals surface area (Å²) in [5.74, 6) is 0.861. The topological polar surface area (TPSA) is 95.6 Å². The van der Waals surface area contributed by atoms with Crippen LogP contribution in [0.1, 0.15) is 40.8 Å². The minimum atomic E-state index is -0.243. The summed E-state index contributed by atoms with van der Waals surface area (Å²) in [5.41, 5.74) is 1.28. The molecule has 0 bridgehead atoms. The molecule has 3 rings (SSSR count). The molecule has 0 saturated carbocycles. The molecule has 0 spiro atoms. The van der Waals surface area contributed by atoms with Gasteiger partial charge in [0, 0.05) is 31.1 Å². The molecule has 110 valence electrons. The average Bonchev–Trinajstić information content (AvgIpc) is 3.07. The summed E-state index contributed by atoms with van der Waals surface area (Å²) >= 11 is 0. The van der Waals surface area contributed by atoms with Crippen molar-refractivity contribution in [3.63, 3.8) is 0 Å². The molecule has 1 amide bonds. The highest BCUT2D eigenvalue weighted by Crippen LogP contribution is 2.20. The molecule has 1 aliphatic rings. The van der Waals surface area contributed by atoms with E-state index in [1.807, 2.05) is 0 Å². The quantitative estimate of drug-likeness (QED) is 0.765. The number of aromatic amines is 1. The fraction of sp³-hybridized carbons (Fsp3) is 0.429. The SMILES string of the molecule is O=C(NCc1ncc[nH]1)c1cnc(C2CCCNC2)cn1. The van der Waals surface area contributed by atoms with Gasteiger partial charge < -0.3 is 15.6 Å². The van der Waals surface area contributed by atoms with Crippen LogP contribution in [0.2, 0.25) is 0 Å². The van der Waals surface area contributed by atoms with Crippen molar-refractivity contribution in [2.24, 2.45) is 0 Å². The van der Waals surface area contributed by atoms with Crippen molar-refractivity contribution in [2.45, 2.75) is 25.3 Å². The Bertz CT molecular complexity index is 574. The van der Waals surface area contributed by atoms with Gasteiger partial charge in [-0.05, 0) is 19.4 Å². The van der Waals surface area contributed by atoms with Gasteiger partial charge in [0.25, 0.3) is 5.91 Å². The minimum absolute atomic E-state index is 0.243. The molecular weight excluding hydrogens is 268 g/mol. The van der Waals surface area contributed by atoms with E-state index in [9.17, 15) is 4.79 Å². The fourth-order valence-corrected chi connectivity index (χ4v) is 2.42. The Hall–Kier alpha value is -2.28. The highest BCUT2D eigenvalue weighted by molar-refractivity contribution is 5.91. The van der Waals surface area contributed by atoms with E-state index in [0.717, 1.165) is 31.6 Å². The predicted molar refractivity (Wildman–Crippen MR) is 76.6 cm³/mol. The molecule has 1 aliphatic heterocycles. The van der Waals surface area contributed by atoms with E-state index < -0.39 is 0 Å². The first-order valence-corrected chi connectivity index (χ1v) is 7.12. The van der Waals surface area contributed by atoms with Gasteiger partial charge in [-0.25, -0.2) is 9.97 Å². The second-order valence-electron chi connectivity index (χ2n) is 5.09. The summed E-state index contributed by atoms with van der Waals surface area (Å²) in [7, 11) is 0. The molecule has 3 N–H and O–H groups in total.